The van der Waals surface area contributed by atoms with Crippen molar-refractivity contribution in [2.24, 2.45) is 5.41 Å². The highest BCUT2D eigenvalue weighted by molar-refractivity contribution is 5.77. The average Bonchev–Trinajstić information content (AvgIpc) is 2.85. The number of rotatable bonds is 6. The lowest BCUT2D eigenvalue weighted by Crippen LogP contribution is -2.49. The third-order valence-electron chi connectivity index (χ3n) is 4.09. The number of aromatic nitrogens is 1. The fourth-order valence-corrected chi connectivity index (χ4v) is 2.65. The highest BCUT2D eigenvalue weighted by atomic mass is 16.5. The summed E-state index contributed by atoms with van der Waals surface area (Å²) >= 11 is 0. The van der Waals surface area contributed by atoms with Crippen molar-refractivity contribution in [2.45, 2.75) is 40.7 Å². The van der Waals surface area contributed by atoms with Crippen LogP contribution >= 0.6 is 0 Å². The Labute approximate surface area is 139 Å². The summed E-state index contributed by atoms with van der Waals surface area (Å²) in [5.41, 5.74) is 1.18. The molecule has 0 radical (unpaired) electrons. The number of hydrogen-bond donors (Lipinski definition) is 1. The molecule has 1 aliphatic heterocycles. The molecule has 0 spiro atoms. The van der Waals surface area contributed by atoms with E-state index in [1.165, 1.54) is 0 Å². The molecule has 0 atom stereocenters. The predicted octanol–water partition coefficient (Wildman–Crippen LogP) is 1.65. The zero-order valence-corrected chi connectivity index (χ0v) is 14.9. The summed E-state index contributed by atoms with van der Waals surface area (Å²) in [7, 11) is 0. The summed E-state index contributed by atoms with van der Waals surface area (Å²) < 4.78 is 5.26. The van der Waals surface area contributed by atoms with Crippen molar-refractivity contribution in [3.8, 4) is 0 Å². The van der Waals surface area contributed by atoms with Crippen molar-refractivity contribution in [1.29, 1.82) is 0 Å². The quantitative estimate of drug-likeness (QED) is 0.863. The topological polar surface area (TPSA) is 61.6 Å². The smallest absolute Gasteiger partial charge is 0.234 e. The number of nitrogens with zero attached hydrogens (tertiary/aromatic N) is 3. The van der Waals surface area contributed by atoms with Gasteiger partial charge in [0.25, 0.3) is 0 Å². The fourth-order valence-electron chi connectivity index (χ4n) is 2.65. The zero-order valence-electron chi connectivity index (χ0n) is 14.9. The van der Waals surface area contributed by atoms with Crippen LogP contribution in [0.3, 0.4) is 0 Å². The maximum Gasteiger partial charge on any atom is 0.234 e. The molecule has 1 amide bonds. The molecule has 130 valence electrons. The van der Waals surface area contributed by atoms with E-state index in [0.717, 1.165) is 57.1 Å². The molecule has 1 fully saturated rings. The predicted molar refractivity (Wildman–Crippen MR) is 90.0 cm³/mol. The van der Waals surface area contributed by atoms with E-state index in [1.807, 2.05) is 13.0 Å². The number of amides is 1. The van der Waals surface area contributed by atoms with E-state index in [2.05, 4.69) is 41.0 Å². The van der Waals surface area contributed by atoms with Gasteiger partial charge in [-0.1, -0.05) is 25.9 Å². The Bertz CT molecular complexity index is 499. The largest absolute Gasteiger partial charge is 0.360 e. The minimum atomic E-state index is 0.133. The number of nitrogens with one attached hydrogen (secondary N) is 1. The minimum absolute atomic E-state index is 0.133. The maximum absolute atomic E-state index is 12.0. The Morgan fingerprint density at radius 2 is 1.91 bits per heavy atom. The van der Waals surface area contributed by atoms with Crippen molar-refractivity contribution in [2.75, 3.05) is 39.3 Å². The van der Waals surface area contributed by atoms with E-state index >= 15 is 0 Å². The lowest BCUT2D eigenvalue weighted by molar-refractivity contribution is -0.122. The van der Waals surface area contributed by atoms with E-state index in [9.17, 15) is 4.79 Å². The van der Waals surface area contributed by atoms with Crippen LogP contribution in [0.25, 0.3) is 0 Å². The van der Waals surface area contributed by atoms with Crippen molar-refractivity contribution in [3.05, 3.63) is 17.5 Å². The van der Waals surface area contributed by atoms with Gasteiger partial charge >= 0.3 is 0 Å². The molecule has 2 rings (SSSR count). The van der Waals surface area contributed by atoms with Crippen LogP contribution in [-0.4, -0.2) is 60.1 Å². The van der Waals surface area contributed by atoms with Crippen LogP contribution in [0.1, 0.15) is 38.6 Å². The van der Waals surface area contributed by atoms with Crippen LogP contribution in [-0.2, 0) is 11.3 Å². The summed E-state index contributed by atoms with van der Waals surface area (Å²) in [5.74, 6) is 1.05. The Morgan fingerprint density at radius 1 is 1.26 bits per heavy atom. The van der Waals surface area contributed by atoms with Gasteiger partial charge in [-0.3, -0.25) is 14.6 Å². The molecular weight excluding hydrogens is 292 g/mol. The normalized spacial score (nSPS) is 17.4. The lowest BCUT2D eigenvalue weighted by Gasteiger charge is -2.33. The first-order chi connectivity index (χ1) is 10.8. The molecule has 1 aromatic rings. The minimum Gasteiger partial charge on any atom is -0.360 e. The molecule has 0 aliphatic carbocycles. The summed E-state index contributed by atoms with van der Waals surface area (Å²) in [4.78, 5) is 16.5. The first-order valence-electron chi connectivity index (χ1n) is 8.45. The summed E-state index contributed by atoms with van der Waals surface area (Å²) in [6, 6.07) is 1.98. The standard InChI is InChI=1S/C17H30N4O2/c1-14-11-15(23-19-14)12-20-7-9-21(10-8-20)13-16(22)18-6-5-17(2,3)4/h11H,5-10,12-13H2,1-4H3,(H,18,22). The number of carbonyl (C=O) groups excluding carboxylic acids is 1. The van der Waals surface area contributed by atoms with Gasteiger partial charge in [-0.2, -0.15) is 0 Å². The van der Waals surface area contributed by atoms with Gasteiger partial charge in [0.2, 0.25) is 5.91 Å². The van der Waals surface area contributed by atoms with E-state index in [-0.39, 0.29) is 11.3 Å². The van der Waals surface area contributed by atoms with E-state index in [1.54, 1.807) is 0 Å². The molecule has 1 saturated heterocycles. The van der Waals surface area contributed by atoms with Gasteiger partial charge in [0, 0.05) is 38.8 Å². The highest BCUT2D eigenvalue weighted by Gasteiger charge is 2.20. The second kappa shape index (κ2) is 7.93. The van der Waals surface area contributed by atoms with Crippen LogP contribution in [0.2, 0.25) is 0 Å². The molecule has 1 aliphatic rings. The fraction of sp³-hybridized carbons (Fsp3) is 0.765. The third-order valence-corrected chi connectivity index (χ3v) is 4.09. The Hall–Kier alpha value is -1.40. The van der Waals surface area contributed by atoms with Gasteiger partial charge in [0.05, 0.1) is 18.8 Å². The second-order valence-electron chi connectivity index (χ2n) is 7.65. The zero-order chi connectivity index (χ0) is 16.9. The van der Waals surface area contributed by atoms with Gasteiger partial charge in [-0.25, -0.2) is 0 Å². The summed E-state index contributed by atoms with van der Waals surface area (Å²) in [6.45, 7) is 14.3. The van der Waals surface area contributed by atoms with Crippen molar-refractivity contribution in [3.63, 3.8) is 0 Å². The average molecular weight is 322 g/mol. The summed E-state index contributed by atoms with van der Waals surface area (Å²) in [5, 5.41) is 6.94. The van der Waals surface area contributed by atoms with Crippen LogP contribution in [0, 0.1) is 12.3 Å². The molecule has 23 heavy (non-hydrogen) atoms. The highest BCUT2D eigenvalue weighted by Crippen LogP contribution is 2.16. The Balaban J connectivity index is 1.63. The van der Waals surface area contributed by atoms with E-state index < -0.39 is 0 Å². The van der Waals surface area contributed by atoms with E-state index in [0.29, 0.717) is 6.54 Å². The molecule has 1 aromatic heterocycles. The van der Waals surface area contributed by atoms with Gasteiger partial charge in [0.15, 0.2) is 5.76 Å². The SMILES string of the molecule is Cc1cc(CN2CCN(CC(=O)NCCC(C)(C)C)CC2)on1. The van der Waals surface area contributed by atoms with Crippen molar-refractivity contribution >= 4 is 5.91 Å². The number of aryl methyl sites for hydroxylation is 1. The van der Waals surface area contributed by atoms with Crippen LogP contribution in [0.5, 0.6) is 0 Å². The second-order valence-corrected chi connectivity index (χ2v) is 7.65. The van der Waals surface area contributed by atoms with Crippen LogP contribution in [0.15, 0.2) is 10.6 Å². The molecule has 1 N–H and O–H groups in total. The Morgan fingerprint density at radius 3 is 2.48 bits per heavy atom. The van der Waals surface area contributed by atoms with Gasteiger partial charge in [-0.15, -0.1) is 0 Å². The van der Waals surface area contributed by atoms with Crippen molar-refractivity contribution < 1.29 is 9.32 Å². The first-order valence-corrected chi connectivity index (χ1v) is 8.45. The van der Waals surface area contributed by atoms with Gasteiger partial charge in [0.1, 0.15) is 0 Å². The van der Waals surface area contributed by atoms with E-state index in [4.69, 9.17) is 4.52 Å². The molecule has 2 heterocycles. The molecule has 6 heteroatoms. The first kappa shape index (κ1) is 17.9. The van der Waals surface area contributed by atoms with Gasteiger partial charge in [-0.05, 0) is 18.8 Å². The lowest BCUT2D eigenvalue weighted by atomic mass is 9.92. The monoisotopic (exact) mass is 322 g/mol. The Kier molecular flexibility index (Phi) is 6.18. The molecule has 0 aromatic carbocycles. The molecular formula is C17H30N4O2. The number of carbonyl (C=O) groups is 1. The molecule has 0 unspecified atom stereocenters. The summed E-state index contributed by atoms with van der Waals surface area (Å²) in [6.07, 6.45) is 1.00. The third kappa shape index (κ3) is 6.71. The number of hydrogen-bond acceptors (Lipinski definition) is 5. The van der Waals surface area contributed by atoms with Crippen LogP contribution in [0.4, 0.5) is 0 Å². The number of piperazine rings is 1. The van der Waals surface area contributed by atoms with Crippen LogP contribution < -0.4 is 5.32 Å². The molecule has 0 bridgehead atoms. The van der Waals surface area contributed by atoms with Crippen molar-refractivity contribution in [1.82, 2.24) is 20.3 Å². The maximum atomic E-state index is 12.0. The molecule has 6 nitrogen and oxygen atoms in total. The molecule has 0 saturated carbocycles. The van der Waals surface area contributed by atoms with Gasteiger partial charge < -0.3 is 9.84 Å².